The molecule has 2 aliphatic heterocycles. The van der Waals surface area contributed by atoms with Crippen molar-refractivity contribution in [3.05, 3.63) is 34.9 Å². The van der Waals surface area contributed by atoms with E-state index in [1.807, 2.05) is 12.1 Å². The summed E-state index contributed by atoms with van der Waals surface area (Å²) >= 11 is 5.99. The first-order chi connectivity index (χ1) is 9.67. The number of halogens is 1. The second kappa shape index (κ2) is 6.05. The van der Waals surface area contributed by atoms with Crippen LogP contribution in [0.25, 0.3) is 0 Å². The van der Waals surface area contributed by atoms with Crippen LogP contribution in [0.5, 0.6) is 0 Å². The minimum absolute atomic E-state index is 0.458. The SMILES string of the molecule is CCC(NC1CC2CCC(C1)N2C)c1ccc(Cl)cc1. The van der Waals surface area contributed by atoms with Crippen LogP contribution in [0.2, 0.25) is 5.02 Å². The molecule has 1 aromatic carbocycles. The first-order valence-corrected chi connectivity index (χ1v) is 8.28. The maximum absolute atomic E-state index is 5.99. The van der Waals surface area contributed by atoms with Gasteiger partial charge in [0.25, 0.3) is 0 Å². The van der Waals surface area contributed by atoms with E-state index in [0.717, 1.165) is 23.5 Å². The van der Waals surface area contributed by atoms with Gasteiger partial charge in [0, 0.05) is 29.2 Å². The molecule has 1 N–H and O–H groups in total. The summed E-state index contributed by atoms with van der Waals surface area (Å²) in [5.41, 5.74) is 1.36. The molecule has 0 amide bonds. The van der Waals surface area contributed by atoms with E-state index in [2.05, 4.69) is 36.3 Å². The van der Waals surface area contributed by atoms with Crippen LogP contribution in [0.1, 0.15) is 50.6 Å². The van der Waals surface area contributed by atoms with E-state index in [4.69, 9.17) is 11.6 Å². The first-order valence-electron chi connectivity index (χ1n) is 7.90. The van der Waals surface area contributed by atoms with Gasteiger partial charge in [0.05, 0.1) is 0 Å². The van der Waals surface area contributed by atoms with Crippen molar-refractivity contribution >= 4 is 11.6 Å². The third kappa shape index (κ3) is 2.88. The van der Waals surface area contributed by atoms with Gasteiger partial charge in [-0.2, -0.15) is 0 Å². The zero-order valence-electron chi connectivity index (χ0n) is 12.5. The van der Waals surface area contributed by atoms with Gasteiger partial charge in [0.15, 0.2) is 0 Å². The van der Waals surface area contributed by atoms with Crippen LogP contribution in [0, 0.1) is 0 Å². The molecule has 0 spiro atoms. The van der Waals surface area contributed by atoms with Crippen LogP contribution in [0.3, 0.4) is 0 Å². The Bertz CT molecular complexity index is 431. The molecule has 2 bridgehead atoms. The molecule has 0 saturated carbocycles. The van der Waals surface area contributed by atoms with Gasteiger partial charge < -0.3 is 10.2 Å². The topological polar surface area (TPSA) is 15.3 Å². The lowest BCUT2D eigenvalue weighted by atomic mass is 9.95. The normalized spacial score (nSPS) is 31.4. The molecule has 2 nitrogen and oxygen atoms in total. The van der Waals surface area contributed by atoms with Gasteiger partial charge >= 0.3 is 0 Å². The Morgan fingerprint density at radius 1 is 1.20 bits per heavy atom. The van der Waals surface area contributed by atoms with Gasteiger partial charge in [0.2, 0.25) is 0 Å². The number of benzene rings is 1. The molecule has 110 valence electrons. The van der Waals surface area contributed by atoms with E-state index in [1.165, 1.54) is 31.2 Å². The maximum atomic E-state index is 5.99. The van der Waals surface area contributed by atoms with E-state index >= 15 is 0 Å². The lowest BCUT2D eigenvalue weighted by Gasteiger charge is -2.38. The van der Waals surface area contributed by atoms with Crippen LogP contribution in [0.15, 0.2) is 24.3 Å². The number of rotatable bonds is 4. The minimum Gasteiger partial charge on any atom is -0.307 e. The van der Waals surface area contributed by atoms with E-state index < -0.39 is 0 Å². The molecule has 3 rings (SSSR count). The molecule has 3 atom stereocenters. The lowest BCUT2D eigenvalue weighted by Crippen LogP contribution is -2.48. The fourth-order valence-corrected chi connectivity index (χ4v) is 4.10. The van der Waals surface area contributed by atoms with E-state index in [1.54, 1.807) is 0 Å². The largest absolute Gasteiger partial charge is 0.307 e. The van der Waals surface area contributed by atoms with E-state index in [-0.39, 0.29) is 0 Å². The van der Waals surface area contributed by atoms with Crippen LogP contribution in [-0.4, -0.2) is 30.1 Å². The highest BCUT2D eigenvalue weighted by Gasteiger charge is 2.38. The van der Waals surface area contributed by atoms with Crippen molar-refractivity contribution in [2.45, 2.75) is 63.2 Å². The number of nitrogens with one attached hydrogen (secondary N) is 1. The summed E-state index contributed by atoms with van der Waals surface area (Å²) in [7, 11) is 2.30. The lowest BCUT2D eigenvalue weighted by molar-refractivity contribution is 0.142. The van der Waals surface area contributed by atoms with Crippen molar-refractivity contribution < 1.29 is 0 Å². The number of hydrogen-bond donors (Lipinski definition) is 1. The molecular formula is C17H25ClN2. The van der Waals surface area contributed by atoms with Gasteiger partial charge in [-0.1, -0.05) is 30.7 Å². The average Bonchev–Trinajstić information content (AvgIpc) is 2.67. The molecule has 2 saturated heterocycles. The van der Waals surface area contributed by atoms with Crippen LogP contribution in [0.4, 0.5) is 0 Å². The smallest absolute Gasteiger partial charge is 0.0406 e. The van der Waals surface area contributed by atoms with E-state index in [0.29, 0.717) is 12.1 Å². The second-order valence-corrected chi connectivity index (χ2v) is 6.83. The van der Waals surface area contributed by atoms with Crippen molar-refractivity contribution in [3.8, 4) is 0 Å². The van der Waals surface area contributed by atoms with Crippen LogP contribution < -0.4 is 5.32 Å². The maximum Gasteiger partial charge on any atom is 0.0406 e. The highest BCUT2D eigenvalue weighted by atomic mass is 35.5. The van der Waals surface area contributed by atoms with E-state index in [9.17, 15) is 0 Å². The zero-order chi connectivity index (χ0) is 14.1. The van der Waals surface area contributed by atoms with Crippen molar-refractivity contribution in [3.63, 3.8) is 0 Å². The van der Waals surface area contributed by atoms with Gasteiger partial charge in [-0.3, -0.25) is 0 Å². The Balaban J connectivity index is 1.65. The summed E-state index contributed by atoms with van der Waals surface area (Å²) in [6, 6.07) is 11.0. The van der Waals surface area contributed by atoms with Gasteiger partial charge in [-0.05, 0) is 56.8 Å². The van der Waals surface area contributed by atoms with Crippen LogP contribution in [-0.2, 0) is 0 Å². The van der Waals surface area contributed by atoms with Gasteiger partial charge in [-0.15, -0.1) is 0 Å². The summed E-state index contributed by atoms with van der Waals surface area (Å²) in [5, 5.41) is 4.71. The summed E-state index contributed by atoms with van der Waals surface area (Å²) < 4.78 is 0. The van der Waals surface area contributed by atoms with Crippen molar-refractivity contribution in [1.82, 2.24) is 10.2 Å². The molecule has 0 aromatic heterocycles. The number of piperidine rings is 1. The zero-order valence-corrected chi connectivity index (χ0v) is 13.2. The Kier molecular flexibility index (Phi) is 4.34. The number of hydrogen-bond acceptors (Lipinski definition) is 2. The Hall–Kier alpha value is -0.570. The molecule has 2 aliphatic rings. The minimum atomic E-state index is 0.458. The molecular weight excluding hydrogens is 268 g/mol. The number of fused-ring (bicyclic) bond motifs is 2. The predicted molar refractivity (Wildman–Crippen MR) is 85.2 cm³/mol. The summed E-state index contributed by atoms with van der Waals surface area (Å²) in [6.45, 7) is 2.26. The van der Waals surface area contributed by atoms with Crippen molar-refractivity contribution in [2.24, 2.45) is 0 Å². The highest BCUT2D eigenvalue weighted by Crippen LogP contribution is 2.35. The highest BCUT2D eigenvalue weighted by molar-refractivity contribution is 6.30. The predicted octanol–water partition coefficient (Wildman–Crippen LogP) is 4.01. The Morgan fingerprint density at radius 3 is 2.35 bits per heavy atom. The molecule has 2 fully saturated rings. The third-order valence-electron chi connectivity index (χ3n) is 5.22. The first kappa shape index (κ1) is 14.4. The van der Waals surface area contributed by atoms with Gasteiger partial charge in [0.1, 0.15) is 0 Å². The summed E-state index contributed by atoms with van der Waals surface area (Å²) in [4.78, 5) is 2.60. The second-order valence-electron chi connectivity index (χ2n) is 6.40. The average molecular weight is 293 g/mol. The third-order valence-corrected chi connectivity index (χ3v) is 5.47. The molecule has 1 aromatic rings. The summed E-state index contributed by atoms with van der Waals surface area (Å²) in [6.07, 6.45) is 6.51. The molecule has 0 radical (unpaired) electrons. The summed E-state index contributed by atoms with van der Waals surface area (Å²) in [5.74, 6) is 0. The molecule has 3 heteroatoms. The molecule has 3 unspecified atom stereocenters. The standard InChI is InChI=1S/C17H25ClN2/c1-3-17(12-4-6-13(18)7-5-12)19-14-10-15-8-9-16(11-14)20(15)2/h4-7,14-17,19H,3,8-11H2,1-2H3. The fourth-order valence-electron chi connectivity index (χ4n) is 3.98. The Labute approximate surface area is 127 Å². The quantitative estimate of drug-likeness (QED) is 0.902. The van der Waals surface area contributed by atoms with Crippen molar-refractivity contribution in [1.29, 1.82) is 0 Å². The Morgan fingerprint density at radius 2 is 1.80 bits per heavy atom. The van der Waals surface area contributed by atoms with Crippen molar-refractivity contribution in [2.75, 3.05) is 7.05 Å². The monoisotopic (exact) mass is 292 g/mol. The fraction of sp³-hybridized carbons (Fsp3) is 0.647. The van der Waals surface area contributed by atoms with Crippen LogP contribution >= 0.6 is 11.6 Å². The molecule has 20 heavy (non-hydrogen) atoms. The molecule has 2 heterocycles. The molecule has 0 aliphatic carbocycles. The number of nitrogens with zero attached hydrogens (tertiary/aromatic N) is 1. The van der Waals surface area contributed by atoms with Gasteiger partial charge in [-0.25, -0.2) is 0 Å².